The van der Waals surface area contributed by atoms with Crippen molar-refractivity contribution >= 4 is 22.8 Å². The number of benzene rings is 4. The van der Waals surface area contributed by atoms with Crippen LogP contribution in [0, 0.1) is 0 Å². The van der Waals surface area contributed by atoms with Gasteiger partial charge in [-0.3, -0.25) is 4.79 Å². The van der Waals surface area contributed by atoms with Gasteiger partial charge in [0, 0.05) is 27.8 Å². The first-order valence-corrected chi connectivity index (χ1v) is 10.6. The number of ketones is 1. The van der Waals surface area contributed by atoms with Crippen molar-refractivity contribution in [2.24, 2.45) is 9.98 Å². The molecule has 1 aliphatic heterocycles. The maximum absolute atomic E-state index is 13.1. The van der Waals surface area contributed by atoms with Crippen molar-refractivity contribution in [2.75, 3.05) is 0 Å². The van der Waals surface area contributed by atoms with Crippen LogP contribution in [-0.4, -0.2) is 17.2 Å². The average molecular weight is 410 g/mol. The van der Waals surface area contributed by atoms with Gasteiger partial charge in [0.2, 0.25) is 0 Å². The number of carbonyl (C=O) groups is 1. The van der Waals surface area contributed by atoms with E-state index >= 15 is 0 Å². The molecule has 1 heterocycles. The molecule has 2 aliphatic rings. The Morgan fingerprint density at radius 2 is 0.812 bits per heavy atom. The summed E-state index contributed by atoms with van der Waals surface area (Å²) < 4.78 is 0. The zero-order valence-electron chi connectivity index (χ0n) is 17.2. The SMILES string of the molecule is O=C1c2ccccc2C(=C2N=C(c3ccccc3)C(c3ccccc3)=N2)c2ccccc21. The number of hydrogen-bond acceptors (Lipinski definition) is 3. The van der Waals surface area contributed by atoms with E-state index in [9.17, 15) is 4.79 Å². The molecule has 0 radical (unpaired) electrons. The zero-order valence-corrected chi connectivity index (χ0v) is 17.2. The molecule has 32 heavy (non-hydrogen) atoms. The van der Waals surface area contributed by atoms with Crippen LogP contribution < -0.4 is 0 Å². The molecular formula is C29H18N2O. The van der Waals surface area contributed by atoms with E-state index in [0.29, 0.717) is 16.9 Å². The Bertz CT molecular complexity index is 1350. The van der Waals surface area contributed by atoms with Gasteiger partial charge in [0.25, 0.3) is 0 Å². The van der Waals surface area contributed by atoms with Crippen molar-refractivity contribution in [1.82, 2.24) is 0 Å². The molecule has 0 fully saturated rings. The molecule has 0 saturated heterocycles. The molecule has 3 heteroatoms. The third-order valence-corrected chi connectivity index (χ3v) is 5.86. The van der Waals surface area contributed by atoms with Crippen LogP contribution in [0.4, 0.5) is 0 Å². The minimum atomic E-state index is 0.0399. The average Bonchev–Trinajstić information content (AvgIpc) is 3.31. The Balaban J connectivity index is 1.67. The van der Waals surface area contributed by atoms with Gasteiger partial charge >= 0.3 is 0 Å². The lowest BCUT2D eigenvalue weighted by Gasteiger charge is -2.21. The molecule has 150 valence electrons. The van der Waals surface area contributed by atoms with E-state index in [1.807, 2.05) is 84.9 Å². The van der Waals surface area contributed by atoms with Crippen molar-refractivity contribution in [2.45, 2.75) is 0 Å². The fourth-order valence-corrected chi connectivity index (χ4v) is 4.38. The molecule has 0 bridgehead atoms. The Hall–Kier alpha value is -4.37. The lowest BCUT2D eigenvalue weighted by molar-refractivity contribution is 0.103. The topological polar surface area (TPSA) is 41.8 Å². The first-order valence-electron chi connectivity index (χ1n) is 10.6. The summed E-state index contributed by atoms with van der Waals surface area (Å²) in [5, 5.41) is 0. The first kappa shape index (κ1) is 18.4. The Kier molecular flexibility index (Phi) is 4.25. The summed E-state index contributed by atoms with van der Waals surface area (Å²) in [7, 11) is 0. The van der Waals surface area contributed by atoms with Crippen LogP contribution >= 0.6 is 0 Å². The second-order valence-electron chi connectivity index (χ2n) is 7.77. The fourth-order valence-electron chi connectivity index (χ4n) is 4.38. The van der Waals surface area contributed by atoms with Gasteiger partial charge in [0.15, 0.2) is 11.6 Å². The molecule has 4 aromatic rings. The van der Waals surface area contributed by atoms with E-state index in [1.165, 1.54) is 0 Å². The first-order chi connectivity index (χ1) is 15.8. The van der Waals surface area contributed by atoms with Crippen LogP contribution in [0.3, 0.4) is 0 Å². The van der Waals surface area contributed by atoms with Crippen molar-refractivity contribution < 1.29 is 4.79 Å². The van der Waals surface area contributed by atoms with Gasteiger partial charge in [-0.1, -0.05) is 109 Å². The van der Waals surface area contributed by atoms with Gasteiger partial charge < -0.3 is 0 Å². The minimum absolute atomic E-state index is 0.0399. The maximum atomic E-state index is 13.1. The quantitative estimate of drug-likeness (QED) is 0.355. The van der Waals surface area contributed by atoms with Gasteiger partial charge in [-0.05, 0) is 11.1 Å². The Morgan fingerprint density at radius 1 is 0.438 bits per heavy atom. The third kappa shape index (κ3) is 2.87. The smallest absolute Gasteiger partial charge is 0.194 e. The van der Waals surface area contributed by atoms with Gasteiger partial charge in [-0.2, -0.15) is 0 Å². The summed E-state index contributed by atoms with van der Waals surface area (Å²) >= 11 is 0. The number of carbonyl (C=O) groups excluding carboxylic acids is 1. The molecule has 0 spiro atoms. The third-order valence-electron chi connectivity index (χ3n) is 5.86. The normalized spacial score (nSPS) is 14.6. The van der Waals surface area contributed by atoms with Crippen molar-refractivity contribution in [3.05, 3.63) is 148 Å². The van der Waals surface area contributed by atoms with E-state index in [-0.39, 0.29) is 5.78 Å². The predicted octanol–water partition coefficient (Wildman–Crippen LogP) is 5.94. The summed E-state index contributed by atoms with van der Waals surface area (Å²) in [5.41, 5.74) is 7.73. The molecule has 1 aliphatic carbocycles. The molecule has 0 saturated carbocycles. The highest BCUT2D eigenvalue weighted by Gasteiger charge is 2.31. The highest BCUT2D eigenvalue weighted by molar-refractivity contribution is 6.55. The van der Waals surface area contributed by atoms with Crippen molar-refractivity contribution in [3.63, 3.8) is 0 Å². The predicted molar refractivity (Wildman–Crippen MR) is 128 cm³/mol. The van der Waals surface area contributed by atoms with Gasteiger partial charge in [-0.25, -0.2) is 9.98 Å². The molecule has 3 nitrogen and oxygen atoms in total. The van der Waals surface area contributed by atoms with Crippen LogP contribution in [0.5, 0.6) is 0 Å². The van der Waals surface area contributed by atoms with Gasteiger partial charge in [0.05, 0.1) is 11.4 Å². The minimum Gasteiger partial charge on any atom is -0.289 e. The van der Waals surface area contributed by atoms with Crippen LogP contribution in [-0.2, 0) is 0 Å². The summed E-state index contributed by atoms with van der Waals surface area (Å²) in [5.74, 6) is 0.674. The highest BCUT2D eigenvalue weighted by atomic mass is 16.1. The largest absolute Gasteiger partial charge is 0.289 e. The van der Waals surface area contributed by atoms with E-state index in [0.717, 1.165) is 39.3 Å². The molecule has 0 atom stereocenters. The van der Waals surface area contributed by atoms with E-state index in [1.54, 1.807) is 0 Å². The van der Waals surface area contributed by atoms with E-state index in [4.69, 9.17) is 9.98 Å². The molecule has 0 N–H and O–H groups in total. The zero-order chi connectivity index (χ0) is 21.5. The number of hydrogen-bond donors (Lipinski definition) is 0. The van der Waals surface area contributed by atoms with Crippen LogP contribution in [0.1, 0.15) is 38.2 Å². The summed E-state index contributed by atoms with van der Waals surface area (Å²) in [6, 6.07) is 35.7. The summed E-state index contributed by atoms with van der Waals surface area (Å²) in [6.45, 7) is 0. The molecular weight excluding hydrogens is 392 g/mol. The number of aliphatic imine (C=N–C) groups is 2. The summed E-state index contributed by atoms with van der Waals surface area (Å²) in [4.78, 5) is 23.2. The van der Waals surface area contributed by atoms with Gasteiger partial charge in [0.1, 0.15) is 0 Å². The van der Waals surface area contributed by atoms with Gasteiger partial charge in [-0.15, -0.1) is 0 Å². The molecule has 4 aromatic carbocycles. The number of fused-ring (bicyclic) bond motifs is 2. The second kappa shape index (κ2) is 7.40. The lowest BCUT2D eigenvalue weighted by Crippen LogP contribution is -2.14. The second-order valence-corrected chi connectivity index (χ2v) is 7.77. The fraction of sp³-hybridized carbons (Fsp3) is 0. The monoisotopic (exact) mass is 410 g/mol. The van der Waals surface area contributed by atoms with Crippen LogP contribution in [0.2, 0.25) is 0 Å². The molecule has 0 unspecified atom stereocenters. The van der Waals surface area contributed by atoms with Crippen LogP contribution in [0.15, 0.2) is 125 Å². The maximum Gasteiger partial charge on any atom is 0.194 e. The number of nitrogens with zero attached hydrogens (tertiary/aromatic N) is 2. The van der Waals surface area contributed by atoms with Crippen molar-refractivity contribution in [3.8, 4) is 0 Å². The summed E-state index contributed by atoms with van der Waals surface area (Å²) in [6.07, 6.45) is 0. The highest BCUT2D eigenvalue weighted by Crippen LogP contribution is 2.39. The molecule has 0 amide bonds. The Labute approximate surface area is 186 Å². The molecule has 0 aromatic heterocycles. The molecule has 6 rings (SSSR count). The Morgan fingerprint density at radius 3 is 1.25 bits per heavy atom. The lowest BCUT2D eigenvalue weighted by atomic mass is 9.81. The number of rotatable bonds is 2. The van der Waals surface area contributed by atoms with Crippen LogP contribution in [0.25, 0.3) is 5.57 Å². The standard InChI is InChI=1S/C29H18N2O/c32-28-23-17-9-7-15-21(23)25(22-16-8-10-18-24(22)28)29-30-26(19-11-3-1-4-12-19)27(31-29)20-13-5-2-6-14-20/h1-18H. The van der Waals surface area contributed by atoms with E-state index < -0.39 is 0 Å². The van der Waals surface area contributed by atoms with E-state index in [2.05, 4.69) is 24.3 Å². The van der Waals surface area contributed by atoms with Crippen molar-refractivity contribution in [1.29, 1.82) is 0 Å².